The molecule has 0 aliphatic heterocycles. The first kappa shape index (κ1) is 10.7. The van der Waals surface area contributed by atoms with E-state index in [1.165, 1.54) is 12.1 Å². The lowest BCUT2D eigenvalue weighted by molar-refractivity contribution is 0.112. The van der Waals surface area contributed by atoms with Gasteiger partial charge in [0.15, 0.2) is 6.29 Å². The van der Waals surface area contributed by atoms with Gasteiger partial charge in [-0.25, -0.2) is 9.37 Å². The zero-order valence-electron chi connectivity index (χ0n) is 9.38. The Kier molecular flexibility index (Phi) is 2.41. The summed E-state index contributed by atoms with van der Waals surface area (Å²) in [5, 5.41) is 0. The fourth-order valence-corrected chi connectivity index (χ4v) is 1.96. The van der Waals surface area contributed by atoms with Gasteiger partial charge < -0.3 is 0 Å². The van der Waals surface area contributed by atoms with Crippen LogP contribution in [0.3, 0.4) is 0 Å². The number of nitrogens with zero attached hydrogens (tertiary/aromatic N) is 2. The van der Waals surface area contributed by atoms with E-state index in [1.807, 2.05) is 10.6 Å². The molecule has 88 valence electrons. The average molecular weight is 240 g/mol. The number of aldehydes is 1. The summed E-state index contributed by atoms with van der Waals surface area (Å²) in [4.78, 5) is 15.2. The zero-order valence-corrected chi connectivity index (χ0v) is 9.38. The van der Waals surface area contributed by atoms with Gasteiger partial charge in [-0.1, -0.05) is 0 Å². The van der Waals surface area contributed by atoms with Crippen LogP contribution in [0.5, 0.6) is 0 Å². The van der Waals surface area contributed by atoms with Crippen LogP contribution in [0.1, 0.15) is 10.4 Å². The lowest BCUT2D eigenvalue weighted by Gasteiger charge is -2.02. The lowest BCUT2D eigenvalue weighted by Crippen LogP contribution is -1.92. The van der Waals surface area contributed by atoms with Gasteiger partial charge in [0, 0.05) is 17.3 Å². The minimum atomic E-state index is -0.284. The van der Waals surface area contributed by atoms with Crippen molar-refractivity contribution >= 4 is 11.8 Å². The van der Waals surface area contributed by atoms with Crippen LogP contribution in [0.25, 0.3) is 16.9 Å². The van der Waals surface area contributed by atoms with Crippen LogP contribution >= 0.6 is 0 Å². The third kappa shape index (κ3) is 1.59. The summed E-state index contributed by atoms with van der Waals surface area (Å²) in [7, 11) is 0. The molecule has 0 aliphatic carbocycles. The molecular formula is C14H9FN2O. The van der Waals surface area contributed by atoms with Crippen molar-refractivity contribution in [1.82, 2.24) is 9.38 Å². The van der Waals surface area contributed by atoms with Gasteiger partial charge in [0.25, 0.3) is 0 Å². The number of rotatable bonds is 2. The molecule has 1 aromatic carbocycles. The second kappa shape index (κ2) is 4.07. The van der Waals surface area contributed by atoms with Crippen LogP contribution in [0.15, 0.2) is 48.8 Å². The van der Waals surface area contributed by atoms with Gasteiger partial charge >= 0.3 is 0 Å². The van der Waals surface area contributed by atoms with Crippen LogP contribution in [-0.2, 0) is 0 Å². The first-order chi connectivity index (χ1) is 8.79. The first-order valence-electron chi connectivity index (χ1n) is 5.47. The highest BCUT2D eigenvalue weighted by molar-refractivity contribution is 5.86. The standard InChI is InChI=1S/C14H9FN2O/c15-12-5-3-10(4-6-12)14-16-8-13-11(9-18)2-1-7-17(13)14/h1-9H. The number of imidazole rings is 1. The number of benzene rings is 1. The predicted octanol–water partition coefficient (Wildman–Crippen LogP) is 2.95. The van der Waals surface area contributed by atoms with Crippen molar-refractivity contribution in [3.63, 3.8) is 0 Å². The molecule has 0 bridgehead atoms. The molecule has 0 radical (unpaired) electrons. The summed E-state index contributed by atoms with van der Waals surface area (Å²) in [6.45, 7) is 0. The van der Waals surface area contributed by atoms with Crippen molar-refractivity contribution in [2.45, 2.75) is 0 Å². The number of hydrogen-bond donors (Lipinski definition) is 0. The van der Waals surface area contributed by atoms with E-state index < -0.39 is 0 Å². The Morgan fingerprint density at radius 2 is 1.94 bits per heavy atom. The van der Waals surface area contributed by atoms with Crippen LogP contribution in [0.2, 0.25) is 0 Å². The second-order valence-corrected chi connectivity index (χ2v) is 3.93. The summed E-state index contributed by atoms with van der Waals surface area (Å²) < 4.78 is 14.7. The number of pyridine rings is 1. The molecule has 2 heterocycles. The molecule has 0 aliphatic rings. The summed E-state index contributed by atoms with van der Waals surface area (Å²) in [6.07, 6.45) is 4.27. The first-order valence-corrected chi connectivity index (χ1v) is 5.47. The minimum Gasteiger partial charge on any atom is -0.299 e. The Morgan fingerprint density at radius 3 is 2.67 bits per heavy atom. The molecule has 0 saturated carbocycles. The Labute approximate surface area is 103 Å². The molecule has 0 saturated heterocycles. The van der Waals surface area contributed by atoms with Gasteiger partial charge in [0.2, 0.25) is 0 Å². The SMILES string of the molecule is O=Cc1cccn2c(-c3ccc(F)cc3)ncc12. The highest BCUT2D eigenvalue weighted by Crippen LogP contribution is 2.21. The maximum absolute atomic E-state index is 12.9. The van der Waals surface area contributed by atoms with E-state index in [1.54, 1.807) is 30.5 Å². The highest BCUT2D eigenvalue weighted by atomic mass is 19.1. The second-order valence-electron chi connectivity index (χ2n) is 3.93. The van der Waals surface area contributed by atoms with Gasteiger partial charge in [-0.05, 0) is 36.4 Å². The van der Waals surface area contributed by atoms with Crippen LogP contribution < -0.4 is 0 Å². The van der Waals surface area contributed by atoms with Crippen LogP contribution in [0, 0.1) is 5.82 Å². The topological polar surface area (TPSA) is 34.4 Å². The van der Waals surface area contributed by atoms with E-state index in [2.05, 4.69) is 4.98 Å². The third-order valence-electron chi connectivity index (χ3n) is 2.83. The largest absolute Gasteiger partial charge is 0.299 e. The van der Waals surface area contributed by atoms with Crippen molar-refractivity contribution in [2.24, 2.45) is 0 Å². The number of carbonyl (C=O) groups excluding carboxylic acids is 1. The molecule has 3 rings (SSSR count). The average Bonchev–Trinajstić information content (AvgIpc) is 2.83. The quantitative estimate of drug-likeness (QED) is 0.645. The monoisotopic (exact) mass is 240 g/mol. The van der Waals surface area contributed by atoms with E-state index in [0.717, 1.165) is 17.4 Å². The number of hydrogen-bond acceptors (Lipinski definition) is 2. The molecule has 0 unspecified atom stereocenters. The van der Waals surface area contributed by atoms with Crippen molar-refractivity contribution in [3.05, 3.63) is 60.2 Å². The molecule has 0 amide bonds. The molecule has 4 heteroatoms. The number of fused-ring (bicyclic) bond motifs is 1. The number of halogens is 1. The summed E-state index contributed by atoms with van der Waals surface area (Å²) in [5.41, 5.74) is 2.13. The molecule has 0 fully saturated rings. The van der Waals surface area contributed by atoms with Crippen molar-refractivity contribution < 1.29 is 9.18 Å². The summed E-state index contributed by atoms with van der Waals surface area (Å²) in [5.74, 6) is 0.405. The smallest absolute Gasteiger partial charge is 0.152 e. The van der Waals surface area contributed by atoms with E-state index in [4.69, 9.17) is 0 Å². The number of carbonyl (C=O) groups is 1. The van der Waals surface area contributed by atoms with Crippen molar-refractivity contribution in [3.8, 4) is 11.4 Å². The van der Waals surface area contributed by atoms with Crippen LogP contribution in [-0.4, -0.2) is 15.7 Å². The van der Waals surface area contributed by atoms with Gasteiger partial charge in [0.1, 0.15) is 11.6 Å². The van der Waals surface area contributed by atoms with E-state index in [-0.39, 0.29) is 5.82 Å². The van der Waals surface area contributed by atoms with Crippen LogP contribution in [0.4, 0.5) is 4.39 Å². The molecule has 0 spiro atoms. The Balaban J connectivity index is 2.24. The Bertz CT molecular complexity index is 716. The molecule has 3 nitrogen and oxygen atoms in total. The highest BCUT2D eigenvalue weighted by Gasteiger charge is 2.08. The molecule has 2 aromatic heterocycles. The van der Waals surface area contributed by atoms with Crippen molar-refractivity contribution in [1.29, 1.82) is 0 Å². The summed E-state index contributed by atoms with van der Waals surface area (Å²) >= 11 is 0. The predicted molar refractivity (Wildman–Crippen MR) is 66.0 cm³/mol. The fraction of sp³-hybridized carbons (Fsp3) is 0. The maximum atomic E-state index is 12.9. The van der Waals surface area contributed by atoms with Crippen molar-refractivity contribution in [2.75, 3.05) is 0 Å². The van der Waals surface area contributed by atoms with Gasteiger partial charge in [0.05, 0.1) is 11.7 Å². The molecular weight excluding hydrogens is 231 g/mol. The third-order valence-corrected chi connectivity index (χ3v) is 2.83. The maximum Gasteiger partial charge on any atom is 0.152 e. The van der Waals surface area contributed by atoms with Gasteiger partial charge in [-0.3, -0.25) is 9.20 Å². The van der Waals surface area contributed by atoms with E-state index in [9.17, 15) is 9.18 Å². The normalized spacial score (nSPS) is 10.7. The molecule has 3 aromatic rings. The zero-order chi connectivity index (χ0) is 12.5. The molecule has 0 atom stereocenters. The Morgan fingerprint density at radius 1 is 1.17 bits per heavy atom. The summed E-state index contributed by atoms with van der Waals surface area (Å²) in [6, 6.07) is 9.62. The van der Waals surface area contributed by atoms with Gasteiger partial charge in [-0.15, -0.1) is 0 Å². The fourth-order valence-electron chi connectivity index (χ4n) is 1.96. The van der Waals surface area contributed by atoms with Gasteiger partial charge in [-0.2, -0.15) is 0 Å². The minimum absolute atomic E-state index is 0.284. The van der Waals surface area contributed by atoms with E-state index >= 15 is 0 Å². The number of aromatic nitrogens is 2. The van der Waals surface area contributed by atoms with E-state index in [0.29, 0.717) is 11.4 Å². The Hall–Kier alpha value is -2.49. The molecule has 0 N–H and O–H groups in total. The lowest BCUT2D eigenvalue weighted by atomic mass is 10.2. The molecule has 18 heavy (non-hydrogen) atoms.